The lowest BCUT2D eigenvalue weighted by atomic mass is 10.4. The predicted octanol–water partition coefficient (Wildman–Crippen LogP) is 1.69. The summed E-state index contributed by atoms with van der Waals surface area (Å²) in [6.07, 6.45) is 2.04. The fraction of sp³-hybridized carbons (Fsp3) is 0. The van der Waals surface area contributed by atoms with Gasteiger partial charge in [-0.25, -0.2) is 4.79 Å². The summed E-state index contributed by atoms with van der Waals surface area (Å²) >= 11 is 0.992. The van der Waals surface area contributed by atoms with Crippen LogP contribution < -0.4 is 0 Å². The van der Waals surface area contributed by atoms with E-state index in [9.17, 15) is 14.9 Å². The summed E-state index contributed by atoms with van der Waals surface area (Å²) in [5, 5.41) is 18.4. The SMILES string of the molecule is O=C(O)c1ccc(/C=C/[N+](=O)[O-])s1. The monoisotopic (exact) mass is 199 g/mol. The highest BCUT2D eigenvalue weighted by molar-refractivity contribution is 7.14. The molecule has 1 aromatic rings. The van der Waals surface area contributed by atoms with E-state index in [0.29, 0.717) is 4.88 Å². The molecule has 0 fully saturated rings. The number of rotatable bonds is 3. The Labute approximate surface area is 77.1 Å². The van der Waals surface area contributed by atoms with Crippen molar-refractivity contribution in [3.8, 4) is 0 Å². The van der Waals surface area contributed by atoms with Gasteiger partial charge < -0.3 is 5.11 Å². The molecule has 0 atom stereocenters. The molecule has 6 heteroatoms. The molecule has 0 bridgehead atoms. The van der Waals surface area contributed by atoms with E-state index in [1.165, 1.54) is 18.2 Å². The van der Waals surface area contributed by atoms with E-state index in [2.05, 4.69) is 0 Å². The first kappa shape index (κ1) is 9.40. The van der Waals surface area contributed by atoms with Crippen molar-refractivity contribution in [2.24, 2.45) is 0 Å². The Bertz CT molecular complexity index is 368. The van der Waals surface area contributed by atoms with Gasteiger partial charge in [0.2, 0.25) is 6.20 Å². The van der Waals surface area contributed by atoms with E-state index in [4.69, 9.17) is 5.11 Å². The van der Waals surface area contributed by atoms with E-state index < -0.39 is 10.9 Å². The molecule has 1 aromatic heterocycles. The van der Waals surface area contributed by atoms with Gasteiger partial charge in [-0.2, -0.15) is 0 Å². The molecule has 1 N–H and O–H groups in total. The number of aromatic carboxylic acids is 1. The van der Waals surface area contributed by atoms with E-state index in [-0.39, 0.29) is 4.88 Å². The molecule has 0 aliphatic heterocycles. The third-order valence-corrected chi connectivity index (χ3v) is 2.24. The lowest BCUT2D eigenvalue weighted by Crippen LogP contribution is -1.89. The molecule has 5 nitrogen and oxygen atoms in total. The molecule has 1 rings (SSSR count). The Kier molecular flexibility index (Phi) is 2.76. The van der Waals surface area contributed by atoms with Crippen LogP contribution in [0.15, 0.2) is 18.3 Å². The van der Waals surface area contributed by atoms with Crippen molar-refractivity contribution in [1.29, 1.82) is 0 Å². The van der Waals surface area contributed by atoms with Gasteiger partial charge in [-0.3, -0.25) is 10.1 Å². The van der Waals surface area contributed by atoms with Crippen LogP contribution in [0.1, 0.15) is 14.5 Å². The minimum atomic E-state index is -1.02. The van der Waals surface area contributed by atoms with Crippen molar-refractivity contribution in [1.82, 2.24) is 0 Å². The molecule has 13 heavy (non-hydrogen) atoms. The fourth-order valence-electron chi connectivity index (χ4n) is 0.692. The highest BCUT2D eigenvalue weighted by Crippen LogP contribution is 2.17. The summed E-state index contributed by atoms with van der Waals surface area (Å²) in [5.41, 5.74) is 0. The molecule has 0 spiro atoms. The average molecular weight is 199 g/mol. The Morgan fingerprint density at radius 1 is 1.62 bits per heavy atom. The van der Waals surface area contributed by atoms with Crippen LogP contribution >= 0.6 is 11.3 Å². The van der Waals surface area contributed by atoms with Gasteiger partial charge in [0.15, 0.2) is 0 Å². The van der Waals surface area contributed by atoms with Crippen LogP contribution in [0.4, 0.5) is 0 Å². The van der Waals surface area contributed by atoms with E-state index in [1.54, 1.807) is 0 Å². The first-order valence-corrected chi connectivity index (χ1v) is 4.06. The lowest BCUT2D eigenvalue weighted by Gasteiger charge is -1.81. The molecule has 0 radical (unpaired) electrons. The second kappa shape index (κ2) is 3.81. The molecule has 0 saturated carbocycles. The normalized spacial score (nSPS) is 10.5. The van der Waals surface area contributed by atoms with Crippen molar-refractivity contribution in [3.63, 3.8) is 0 Å². The standard InChI is InChI=1S/C7H5NO4S/c9-7(10)6-2-1-5(13-6)3-4-8(11)12/h1-4H,(H,9,10)/b4-3+. The Morgan fingerprint density at radius 3 is 2.77 bits per heavy atom. The van der Waals surface area contributed by atoms with E-state index >= 15 is 0 Å². The maximum absolute atomic E-state index is 10.4. The zero-order chi connectivity index (χ0) is 9.84. The molecule has 0 aliphatic carbocycles. The summed E-state index contributed by atoms with van der Waals surface area (Å²) in [4.78, 5) is 20.4. The van der Waals surface area contributed by atoms with Crippen LogP contribution in [0.25, 0.3) is 6.08 Å². The molecule has 0 aliphatic rings. The third kappa shape index (κ3) is 2.68. The summed E-state index contributed by atoms with van der Waals surface area (Å²) in [7, 11) is 0. The van der Waals surface area contributed by atoms with Crippen LogP contribution in [0.3, 0.4) is 0 Å². The zero-order valence-corrected chi connectivity index (χ0v) is 7.15. The van der Waals surface area contributed by atoms with Gasteiger partial charge >= 0.3 is 5.97 Å². The lowest BCUT2D eigenvalue weighted by molar-refractivity contribution is -0.400. The summed E-state index contributed by atoms with van der Waals surface area (Å²) in [5.74, 6) is -1.02. The maximum Gasteiger partial charge on any atom is 0.345 e. The van der Waals surface area contributed by atoms with Gasteiger partial charge in [0.1, 0.15) is 4.88 Å². The molecule has 0 unspecified atom stereocenters. The minimum Gasteiger partial charge on any atom is -0.477 e. The fourth-order valence-corrected chi connectivity index (χ4v) is 1.43. The first-order valence-electron chi connectivity index (χ1n) is 3.24. The predicted molar refractivity (Wildman–Crippen MR) is 47.3 cm³/mol. The van der Waals surface area contributed by atoms with Gasteiger partial charge in [-0.1, -0.05) is 0 Å². The van der Waals surface area contributed by atoms with Crippen molar-refractivity contribution in [2.75, 3.05) is 0 Å². The first-order chi connectivity index (χ1) is 6.09. The van der Waals surface area contributed by atoms with Gasteiger partial charge in [0, 0.05) is 11.0 Å². The zero-order valence-electron chi connectivity index (χ0n) is 6.34. The average Bonchev–Trinajstić information content (AvgIpc) is 2.48. The van der Waals surface area contributed by atoms with Gasteiger partial charge in [0.05, 0.1) is 4.92 Å². The van der Waals surface area contributed by atoms with E-state index in [0.717, 1.165) is 17.5 Å². The number of carboxylic acid groups (broad SMARTS) is 1. The topological polar surface area (TPSA) is 80.4 Å². The maximum atomic E-state index is 10.4. The van der Waals surface area contributed by atoms with Crippen LogP contribution in [0.2, 0.25) is 0 Å². The highest BCUT2D eigenvalue weighted by Gasteiger charge is 2.05. The van der Waals surface area contributed by atoms with Crippen molar-refractivity contribution in [3.05, 3.63) is 38.2 Å². The molecule has 0 amide bonds. The largest absolute Gasteiger partial charge is 0.477 e. The van der Waals surface area contributed by atoms with Crippen molar-refractivity contribution < 1.29 is 14.8 Å². The van der Waals surface area contributed by atoms with Crippen molar-refractivity contribution >= 4 is 23.4 Å². The number of nitro groups is 1. The Hall–Kier alpha value is -1.69. The number of hydrogen-bond donors (Lipinski definition) is 1. The molecular formula is C7H5NO4S. The smallest absolute Gasteiger partial charge is 0.345 e. The quantitative estimate of drug-likeness (QED) is 0.593. The second-order valence-corrected chi connectivity index (χ2v) is 3.22. The van der Waals surface area contributed by atoms with Crippen molar-refractivity contribution in [2.45, 2.75) is 0 Å². The van der Waals surface area contributed by atoms with Crippen LogP contribution in [-0.4, -0.2) is 16.0 Å². The highest BCUT2D eigenvalue weighted by atomic mass is 32.1. The van der Waals surface area contributed by atoms with Crippen LogP contribution in [0.5, 0.6) is 0 Å². The number of nitrogens with zero attached hydrogens (tertiary/aromatic N) is 1. The molecular weight excluding hydrogens is 194 g/mol. The summed E-state index contributed by atoms with van der Waals surface area (Å²) in [6.45, 7) is 0. The number of hydrogen-bond acceptors (Lipinski definition) is 4. The third-order valence-electron chi connectivity index (χ3n) is 1.20. The number of thiophene rings is 1. The molecule has 1 heterocycles. The Balaban J connectivity index is 2.80. The van der Waals surface area contributed by atoms with Gasteiger partial charge in [0.25, 0.3) is 0 Å². The van der Waals surface area contributed by atoms with Gasteiger partial charge in [-0.05, 0) is 12.1 Å². The van der Waals surface area contributed by atoms with Crippen LogP contribution in [0, 0.1) is 10.1 Å². The molecule has 0 aromatic carbocycles. The minimum absolute atomic E-state index is 0.169. The number of carbonyl (C=O) groups is 1. The molecule has 0 saturated heterocycles. The number of carboxylic acids is 1. The summed E-state index contributed by atoms with van der Waals surface area (Å²) < 4.78 is 0. The second-order valence-electron chi connectivity index (χ2n) is 2.11. The van der Waals surface area contributed by atoms with Gasteiger partial charge in [-0.15, -0.1) is 11.3 Å². The van der Waals surface area contributed by atoms with Crippen LogP contribution in [-0.2, 0) is 0 Å². The summed E-state index contributed by atoms with van der Waals surface area (Å²) in [6, 6.07) is 2.93. The molecule has 68 valence electrons. The van der Waals surface area contributed by atoms with E-state index in [1.807, 2.05) is 0 Å². The Morgan fingerprint density at radius 2 is 2.31 bits per heavy atom.